The fourth-order valence-electron chi connectivity index (χ4n) is 2.12. The second-order valence-corrected chi connectivity index (χ2v) is 4.20. The molecule has 0 bridgehead atoms. The van der Waals surface area contributed by atoms with Crippen LogP contribution in [0.15, 0.2) is 36.9 Å². The third-order valence-electron chi connectivity index (χ3n) is 2.93. The number of H-pyrrole nitrogens is 1. The normalized spacial score (nSPS) is 11.9. The summed E-state index contributed by atoms with van der Waals surface area (Å²) in [6.07, 6.45) is -0.805. The molecule has 2 aromatic rings. The number of hydrogen-bond donors (Lipinski definition) is 1. The van der Waals surface area contributed by atoms with E-state index in [-0.39, 0.29) is 0 Å². The number of fused-ring (bicyclic) bond motifs is 1. The van der Waals surface area contributed by atoms with Crippen LogP contribution in [-0.2, 0) is 12.6 Å². The van der Waals surface area contributed by atoms with Gasteiger partial charge in [-0.1, -0.05) is 24.3 Å². The topological polar surface area (TPSA) is 15.8 Å². The molecule has 0 atom stereocenters. The van der Waals surface area contributed by atoms with Gasteiger partial charge in [0.2, 0.25) is 0 Å². The van der Waals surface area contributed by atoms with Crippen molar-refractivity contribution in [3.8, 4) is 0 Å². The van der Waals surface area contributed by atoms with Crippen LogP contribution >= 0.6 is 0 Å². The van der Waals surface area contributed by atoms with Crippen LogP contribution in [0.3, 0.4) is 0 Å². The Balaban J connectivity index is 2.47. The first-order valence-corrected chi connectivity index (χ1v) is 5.81. The maximum absolute atomic E-state index is 12.9. The first kappa shape index (κ1) is 12.7. The highest BCUT2D eigenvalue weighted by Crippen LogP contribution is 2.36. The fraction of sp³-hybridized carbons (Fsp3) is 0.286. The van der Waals surface area contributed by atoms with E-state index >= 15 is 0 Å². The van der Waals surface area contributed by atoms with E-state index in [0.717, 1.165) is 6.42 Å². The van der Waals surface area contributed by atoms with Gasteiger partial charge < -0.3 is 4.98 Å². The Morgan fingerprint density at radius 1 is 1.22 bits per heavy atom. The number of aryl methyl sites for hydroxylation is 1. The predicted molar refractivity (Wildman–Crippen MR) is 66.4 cm³/mol. The first-order chi connectivity index (χ1) is 8.54. The fourth-order valence-corrected chi connectivity index (χ4v) is 2.12. The highest BCUT2D eigenvalue weighted by atomic mass is 19.4. The molecule has 96 valence electrons. The molecule has 0 aliphatic carbocycles. The minimum atomic E-state index is -4.33. The Bertz CT molecular complexity index is 552. The molecule has 0 unspecified atom stereocenters. The third kappa shape index (κ3) is 2.42. The molecule has 0 amide bonds. The number of para-hydroxylation sites is 1. The highest BCUT2D eigenvalue weighted by Gasteiger charge is 2.35. The number of aromatic amines is 1. The number of aromatic nitrogens is 1. The average molecular weight is 253 g/mol. The van der Waals surface area contributed by atoms with Crippen LogP contribution in [0.2, 0.25) is 0 Å². The number of nitrogens with one attached hydrogen (secondary N) is 1. The number of alkyl halides is 3. The lowest BCUT2D eigenvalue weighted by molar-refractivity contribution is -0.141. The molecule has 4 heteroatoms. The first-order valence-electron chi connectivity index (χ1n) is 5.81. The van der Waals surface area contributed by atoms with Gasteiger partial charge in [-0.2, -0.15) is 13.2 Å². The van der Waals surface area contributed by atoms with Crippen LogP contribution < -0.4 is 0 Å². The summed E-state index contributed by atoms with van der Waals surface area (Å²) in [5.41, 5.74) is 0.283. The van der Waals surface area contributed by atoms with Gasteiger partial charge in [-0.25, -0.2) is 0 Å². The lowest BCUT2D eigenvalue weighted by atomic mass is 10.0. The summed E-state index contributed by atoms with van der Waals surface area (Å²) in [6, 6.07) is 6.88. The van der Waals surface area contributed by atoms with Crippen molar-refractivity contribution < 1.29 is 13.2 Å². The van der Waals surface area contributed by atoms with Gasteiger partial charge in [-0.15, -0.1) is 6.58 Å². The van der Waals surface area contributed by atoms with E-state index in [1.165, 1.54) is 0 Å². The molecule has 1 aromatic carbocycles. The van der Waals surface area contributed by atoms with Crippen LogP contribution in [0.5, 0.6) is 0 Å². The predicted octanol–water partition coefficient (Wildman–Crippen LogP) is 4.70. The van der Waals surface area contributed by atoms with Crippen molar-refractivity contribution in [2.24, 2.45) is 0 Å². The number of hydrogen-bond acceptors (Lipinski definition) is 0. The van der Waals surface area contributed by atoms with Crippen LogP contribution in [0, 0.1) is 0 Å². The molecule has 0 aliphatic heterocycles. The van der Waals surface area contributed by atoms with Crippen LogP contribution in [0.25, 0.3) is 10.9 Å². The smallest absolute Gasteiger partial charge is 0.351 e. The summed E-state index contributed by atoms with van der Waals surface area (Å²) in [5, 5.41) is 0.661. The molecule has 1 N–H and O–H groups in total. The van der Waals surface area contributed by atoms with Gasteiger partial charge in [0.05, 0.1) is 0 Å². The summed E-state index contributed by atoms with van der Waals surface area (Å²) in [5.74, 6) is 0. The summed E-state index contributed by atoms with van der Waals surface area (Å²) < 4.78 is 38.8. The molecular formula is C14H14F3N. The molecule has 0 saturated carbocycles. The molecule has 1 heterocycles. The molecule has 0 fully saturated rings. The maximum Gasteiger partial charge on any atom is 0.431 e. The average Bonchev–Trinajstić information content (AvgIpc) is 2.69. The zero-order valence-corrected chi connectivity index (χ0v) is 9.85. The van der Waals surface area contributed by atoms with Gasteiger partial charge in [0.1, 0.15) is 5.69 Å². The van der Waals surface area contributed by atoms with E-state index in [2.05, 4.69) is 11.6 Å². The van der Waals surface area contributed by atoms with Crippen molar-refractivity contribution in [1.82, 2.24) is 4.98 Å². The third-order valence-corrected chi connectivity index (χ3v) is 2.93. The maximum atomic E-state index is 12.9. The minimum absolute atomic E-state index is 0.361. The van der Waals surface area contributed by atoms with Crippen molar-refractivity contribution in [2.45, 2.75) is 25.4 Å². The summed E-state index contributed by atoms with van der Waals surface area (Å²) in [6.45, 7) is 3.58. The van der Waals surface area contributed by atoms with Gasteiger partial charge in [0.15, 0.2) is 0 Å². The molecule has 0 radical (unpaired) electrons. The Hall–Kier alpha value is -1.71. The summed E-state index contributed by atoms with van der Waals surface area (Å²) in [7, 11) is 0. The Kier molecular flexibility index (Phi) is 3.45. The number of benzene rings is 1. The Morgan fingerprint density at radius 2 is 1.94 bits per heavy atom. The van der Waals surface area contributed by atoms with Crippen molar-refractivity contribution in [2.75, 3.05) is 0 Å². The number of halogens is 3. The van der Waals surface area contributed by atoms with Crippen molar-refractivity contribution >= 4 is 10.9 Å². The summed E-state index contributed by atoms with van der Waals surface area (Å²) in [4.78, 5) is 2.48. The molecule has 2 rings (SSSR count). The monoisotopic (exact) mass is 253 g/mol. The van der Waals surface area contributed by atoms with Crippen molar-refractivity contribution in [3.05, 3.63) is 48.2 Å². The van der Waals surface area contributed by atoms with Gasteiger partial charge in [-0.05, 0) is 30.9 Å². The quantitative estimate of drug-likeness (QED) is 0.600. The van der Waals surface area contributed by atoms with E-state index < -0.39 is 11.9 Å². The Labute approximate surface area is 103 Å². The molecule has 1 nitrogen and oxygen atoms in total. The van der Waals surface area contributed by atoms with Gasteiger partial charge in [0, 0.05) is 10.9 Å². The van der Waals surface area contributed by atoms with Crippen molar-refractivity contribution in [3.63, 3.8) is 0 Å². The molecule has 1 aromatic heterocycles. The lowest BCUT2D eigenvalue weighted by Crippen LogP contribution is -2.08. The second-order valence-electron chi connectivity index (χ2n) is 4.20. The van der Waals surface area contributed by atoms with E-state index in [1.807, 2.05) is 0 Å². The van der Waals surface area contributed by atoms with E-state index in [9.17, 15) is 13.2 Å². The van der Waals surface area contributed by atoms with Crippen LogP contribution in [-0.4, -0.2) is 4.98 Å². The molecule has 0 saturated heterocycles. The minimum Gasteiger partial charge on any atom is -0.351 e. The standard InChI is InChI=1S/C14H14F3N/c1-2-3-4-8-11-10-7-5-6-9-12(10)18-13(11)14(15,16)17/h2,5-7,9,18H,1,3-4,8H2. The molecular weight excluding hydrogens is 239 g/mol. The van der Waals surface area contributed by atoms with Crippen LogP contribution in [0.1, 0.15) is 24.1 Å². The zero-order valence-electron chi connectivity index (χ0n) is 9.85. The number of allylic oxidation sites excluding steroid dienone is 1. The SMILES string of the molecule is C=CCCCc1c(C(F)(F)F)[nH]c2ccccc12. The van der Waals surface area contributed by atoms with Gasteiger partial charge in [-0.3, -0.25) is 0 Å². The second kappa shape index (κ2) is 4.88. The number of unbranched alkanes of at least 4 members (excludes halogenated alkanes) is 1. The zero-order chi connectivity index (χ0) is 13.2. The lowest BCUT2D eigenvalue weighted by Gasteiger charge is -2.07. The molecule has 0 spiro atoms. The van der Waals surface area contributed by atoms with Gasteiger partial charge in [0.25, 0.3) is 0 Å². The Morgan fingerprint density at radius 3 is 2.61 bits per heavy atom. The molecule has 18 heavy (non-hydrogen) atoms. The molecule has 0 aliphatic rings. The largest absolute Gasteiger partial charge is 0.431 e. The van der Waals surface area contributed by atoms with Crippen LogP contribution in [0.4, 0.5) is 13.2 Å². The van der Waals surface area contributed by atoms with E-state index in [4.69, 9.17) is 0 Å². The van der Waals surface area contributed by atoms with E-state index in [1.54, 1.807) is 30.3 Å². The highest BCUT2D eigenvalue weighted by molar-refractivity contribution is 5.84. The van der Waals surface area contributed by atoms with Gasteiger partial charge >= 0.3 is 6.18 Å². The summed E-state index contributed by atoms with van der Waals surface area (Å²) >= 11 is 0. The number of rotatable bonds is 4. The van der Waals surface area contributed by atoms with E-state index in [0.29, 0.717) is 29.3 Å². The van der Waals surface area contributed by atoms with Crippen molar-refractivity contribution in [1.29, 1.82) is 0 Å².